The third kappa shape index (κ3) is 3.63. The van der Waals surface area contributed by atoms with E-state index in [-0.39, 0.29) is 5.91 Å². The lowest BCUT2D eigenvalue weighted by Crippen LogP contribution is -2.38. The number of aryl methyl sites for hydroxylation is 1. The van der Waals surface area contributed by atoms with E-state index >= 15 is 0 Å². The van der Waals surface area contributed by atoms with Gasteiger partial charge in [0, 0.05) is 21.5 Å². The number of carbonyl (C=O) groups is 2. The first-order chi connectivity index (χ1) is 13.8. The number of hydrogen-bond acceptors (Lipinski definition) is 5. The molecule has 156 valence electrons. The number of rotatable bonds is 5. The highest BCUT2D eigenvalue weighted by Crippen LogP contribution is 2.48. The number of thiazole rings is 1. The summed E-state index contributed by atoms with van der Waals surface area (Å²) in [5, 5.41) is 16.7. The monoisotopic (exact) mass is 432 g/mol. The van der Waals surface area contributed by atoms with Crippen LogP contribution in [0.3, 0.4) is 0 Å². The number of carbonyl (C=O) groups excluding carboxylic acids is 1. The summed E-state index contributed by atoms with van der Waals surface area (Å²) < 4.78 is 0. The summed E-state index contributed by atoms with van der Waals surface area (Å²) >= 11 is 3.28. The number of carboxylic acids is 1. The average Bonchev–Trinajstić information content (AvgIpc) is 3.37. The van der Waals surface area contributed by atoms with Crippen LogP contribution in [0.15, 0.2) is 5.38 Å². The van der Waals surface area contributed by atoms with E-state index < -0.39 is 17.3 Å². The highest BCUT2D eigenvalue weighted by atomic mass is 32.1. The first-order valence-electron chi connectivity index (χ1n) is 10.4. The predicted molar refractivity (Wildman–Crippen MR) is 118 cm³/mol. The second-order valence-corrected chi connectivity index (χ2v) is 10.6. The van der Waals surface area contributed by atoms with E-state index in [4.69, 9.17) is 4.98 Å². The lowest BCUT2D eigenvalue weighted by atomic mass is 9.79. The van der Waals surface area contributed by atoms with Gasteiger partial charge in [0.15, 0.2) is 0 Å². The van der Waals surface area contributed by atoms with E-state index in [1.807, 2.05) is 12.3 Å². The van der Waals surface area contributed by atoms with Crippen LogP contribution in [0.5, 0.6) is 0 Å². The minimum Gasteiger partial charge on any atom is -0.481 e. The number of nitrogens with zero attached hydrogens (tertiary/aromatic N) is 1. The predicted octanol–water partition coefficient (Wildman–Crippen LogP) is 5.52. The van der Waals surface area contributed by atoms with Crippen LogP contribution in [0.25, 0.3) is 10.6 Å². The topological polar surface area (TPSA) is 79.3 Å². The van der Waals surface area contributed by atoms with E-state index in [1.165, 1.54) is 23.3 Å². The Morgan fingerprint density at radius 2 is 2.17 bits per heavy atom. The third-order valence-electron chi connectivity index (χ3n) is 6.78. The number of aliphatic carboxylic acids is 1. The van der Waals surface area contributed by atoms with Crippen LogP contribution >= 0.6 is 22.7 Å². The molecule has 1 fully saturated rings. The smallest absolute Gasteiger partial charge is 0.310 e. The largest absolute Gasteiger partial charge is 0.481 e. The van der Waals surface area contributed by atoms with E-state index in [2.05, 4.69) is 12.2 Å². The quantitative estimate of drug-likeness (QED) is 0.651. The molecule has 0 aliphatic heterocycles. The maximum atomic E-state index is 13.2. The molecule has 0 radical (unpaired) electrons. The van der Waals surface area contributed by atoms with Crippen molar-refractivity contribution < 1.29 is 14.7 Å². The van der Waals surface area contributed by atoms with E-state index in [0.717, 1.165) is 40.5 Å². The fraction of sp³-hybridized carbons (Fsp3) is 0.591. The molecule has 5 nitrogen and oxygen atoms in total. The van der Waals surface area contributed by atoms with Crippen LogP contribution in [0, 0.1) is 24.2 Å². The molecular formula is C22H28N2O3S2. The Bertz CT molecular complexity index is 948. The van der Waals surface area contributed by atoms with Gasteiger partial charge in [-0.3, -0.25) is 9.59 Å². The van der Waals surface area contributed by atoms with Crippen molar-refractivity contribution >= 4 is 39.6 Å². The van der Waals surface area contributed by atoms with Crippen LogP contribution in [0.2, 0.25) is 0 Å². The van der Waals surface area contributed by atoms with Crippen molar-refractivity contribution in [1.82, 2.24) is 4.98 Å². The molecule has 0 bridgehead atoms. The minimum atomic E-state index is -0.980. The molecule has 2 unspecified atom stereocenters. The van der Waals surface area contributed by atoms with Gasteiger partial charge in [-0.15, -0.1) is 22.7 Å². The third-order valence-corrected chi connectivity index (χ3v) is 8.92. The molecular weight excluding hydrogens is 404 g/mol. The number of carboxylic acid groups (broad SMARTS) is 1. The van der Waals surface area contributed by atoms with Gasteiger partial charge in [0.05, 0.1) is 11.3 Å². The van der Waals surface area contributed by atoms with Crippen molar-refractivity contribution in [2.45, 2.75) is 65.7 Å². The standard InChI is InChI=1S/C22H28N2O3S2/c1-4-13-7-8-14-16(10-13)29-20(17(14)19-23-12(2)11-28-19)24-18(25)15-6-5-9-22(15,3)21(26)27/h11,13,15H,4-10H2,1-3H3,(H,24,25)(H,26,27)/t13-,15?,22?/m0/s1. The zero-order valence-corrected chi connectivity index (χ0v) is 18.8. The van der Waals surface area contributed by atoms with Crippen LogP contribution in [0.4, 0.5) is 5.00 Å². The maximum Gasteiger partial charge on any atom is 0.310 e. The molecule has 2 aliphatic rings. The van der Waals surface area contributed by atoms with Gasteiger partial charge in [0.1, 0.15) is 10.0 Å². The van der Waals surface area contributed by atoms with Crippen molar-refractivity contribution in [1.29, 1.82) is 0 Å². The Labute approximate surface area is 179 Å². The Kier molecular flexibility index (Phi) is 5.55. The summed E-state index contributed by atoms with van der Waals surface area (Å²) in [5.74, 6) is -0.830. The number of anilines is 1. The summed E-state index contributed by atoms with van der Waals surface area (Å²) in [7, 11) is 0. The number of hydrogen-bond donors (Lipinski definition) is 2. The molecule has 4 rings (SSSR count). The molecule has 3 atom stereocenters. The zero-order valence-electron chi connectivity index (χ0n) is 17.2. The molecule has 0 saturated heterocycles. The minimum absolute atomic E-state index is 0.160. The van der Waals surface area contributed by atoms with Gasteiger partial charge in [0.25, 0.3) is 0 Å². The molecule has 0 spiro atoms. The van der Waals surface area contributed by atoms with Crippen LogP contribution in [-0.2, 0) is 22.4 Å². The summed E-state index contributed by atoms with van der Waals surface area (Å²) in [6.07, 6.45) is 6.37. The van der Waals surface area contributed by atoms with Crippen LogP contribution < -0.4 is 5.32 Å². The summed E-state index contributed by atoms with van der Waals surface area (Å²) in [6.45, 7) is 5.94. The fourth-order valence-corrected chi connectivity index (χ4v) is 7.13. The highest BCUT2D eigenvalue weighted by Gasteiger charge is 2.49. The van der Waals surface area contributed by atoms with Crippen molar-refractivity contribution in [3.8, 4) is 10.6 Å². The van der Waals surface area contributed by atoms with Crippen LogP contribution in [-0.4, -0.2) is 22.0 Å². The lowest BCUT2D eigenvalue weighted by Gasteiger charge is -2.25. The molecule has 2 aromatic rings. The number of aromatic nitrogens is 1. The number of fused-ring (bicyclic) bond motifs is 1. The second-order valence-electron chi connectivity index (χ2n) is 8.68. The number of amides is 1. The van der Waals surface area contributed by atoms with E-state index in [9.17, 15) is 14.7 Å². The Balaban J connectivity index is 1.69. The van der Waals surface area contributed by atoms with Gasteiger partial charge >= 0.3 is 5.97 Å². The second kappa shape index (κ2) is 7.84. The van der Waals surface area contributed by atoms with Gasteiger partial charge in [-0.1, -0.05) is 19.8 Å². The van der Waals surface area contributed by atoms with Crippen LogP contribution in [0.1, 0.15) is 62.1 Å². The van der Waals surface area contributed by atoms with Gasteiger partial charge in [-0.05, 0) is 57.4 Å². The molecule has 2 aliphatic carbocycles. The average molecular weight is 433 g/mol. The van der Waals surface area contributed by atoms with Crippen molar-refractivity contribution in [2.24, 2.45) is 17.3 Å². The molecule has 2 N–H and O–H groups in total. The lowest BCUT2D eigenvalue weighted by molar-refractivity contribution is -0.152. The van der Waals surface area contributed by atoms with Gasteiger partial charge in [0.2, 0.25) is 5.91 Å². The Hall–Kier alpha value is -1.73. The number of nitrogens with one attached hydrogen (secondary N) is 1. The summed E-state index contributed by atoms with van der Waals surface area (Å²) in [4.78, 5) is 31.1. The summed E-state index contributed by atoms with van der Waals surface area (Å²) in [5.41, 5.74) is 2.41. The molecule has 2 heterocycles. The Morgan fingerprint density at radius 1 is 1.38 bits per heavy atom. The number of thiophene rings is 1. The zero-order chi connectivity index (χ0) is 20.8. The first kappa shape index (κ1) is 20.5. The molecule has 1 amide bonds. The normalized spacial score (nSPS) is 26.3. The SMILES string of the molecule is CC[C@H]1CCc2c(sc(NC(=O)C3CCCC3(C)C(=O)O)c2-c2nc(C)cs2)C1. The van der Waals surface area contributed by atoms with Gasteiger partial charge in [-0.25, -0.2) is 4.98 Å². The molecule has 29 heavy (non-hydrogen) atoms. The summed E-state index contributed by atoms with van der Waals surface area (Å²) in [6, 6.07) is 0. The van der Waals surface area contributed by atoms with E-state index in [1.54, 1.807) is 29.6 Å². The van der Waals surface area contributed by atoms with Gasteiger partial charge < -0.3 is 10.4 Å². The Morgan fingerprint density at radius 3 is 2.83 bits per heavy atom. The first-order valence-corrected chi connectivity index (χ1v) is 12.1. The van der Waals surface area contributed by atoms with Crippen molar-refractivity contribution in [3.63, 3.8) is 0 Å². The highest BCUT2D eigenvalue weighted by molar-refractivity contribution is 7.18. The molecule has 1 saturated carbocycles. The van der Waals surface area contributed by atoms with Crippen molar-refractivity contribution in [3.05, 3.63) is 21.5 Å². The van der Waals surface area contributed by atoms with Gasteiger partial charge in [-0.2, -0.15) is 0 Å². The molecule has 0 aromatic carbocycles. The molecule has 7 heteroatoms. The maximum absolute atomic E-state index is 13.2. The van der Waals surface area contributed by atoms with E-state index in [0.29, 0.717) is 18.8 Å². The fourth-order valence-electron chi connectivity index (χ4n) is 4.83. The van der Waals surface area contributed by atoms with Crippen molar-refractivity contribution in [2.75, 3.05) is 5.32 Å². The molecule has 2 aromatic heterocycles.